The third-order valence-corrected chi connectivity index (χ3v) is 2.38. The molecule has 82 valence electrons. The van der Waals surface area contributed by atoms with Gasteiger partial charge in [0.15, 0.2) is 0 Å². The van der Waals surface area contributed by atoms with Crippen LogP contribution in [0.2, 0.25) is 0 Å². The quantitative estimate of drug-likeness (QED) is 0.796. The first-order valence-corrected chi connectivity index (χ1v) is 4.96. The number of carbonyl (C=O) groups is 1. The second-order valence-corrected chi connectivity index (χ2v) is 3.91. The van der Waals surface area contributed by atoms with Crippen LogP contribution in [0.5, 0.6) is 0 Å². The Morgan fingerprint density at radius 1 is 1.40 bits per heavy atom. The standard InChI is InChI=1S/C11H16N2O2/c1-7(2)8(3)13-9-4-5-10(11(14)15)12-6-9/h4-8,13H,1-3H3,(H,14,15). The summed E-state index contributed by atoms with van der Waals surface area (Å²) in [5, 5.41) is 11.9. The molecule has 4 heteroatoms. The van der Waals surface area contributed by atoms with Crippen molar-refractivity contribution < 1.29 is 9.90 Å². The summed E-state index contributed by atoms with van der Waals surface area (Å²) in [5.41, 5.74) is 0.916. The van der Waals surface area contributed by atoms with E-state index >= 15 is 0 Å². The first-order chi connectivity index (χ1) is 7.00. The van der Waals surface area contributed by atoms with Crippen molar-refractivity contribution in [2.45, 2.75) is 26.8 Å². The highest BCUT2D eigenvalue weighted by atomic mass is 16.4. The van der Waals surface area contributed by atoms with Crippen LogP contribution in [-0.4, -0.2) is 22.1 Å². The molecule has 0 saturated carbocycles. The molecule has 0 spiro atoms. The molecule has 1 atom stereocenters. The SMILES string of the molecule is CC(C)C(C)Nc1ccc(C(=O)O)nc1. The summed E-state index contributed by atoms with van der Waals surface area (Å²) >= 11 is 0. The Bertz CT molecular complexity index is 333. The molecule has 0 amide bonds. The van der Waals surface area contributed by atoms with Gasteiger partial charge in [-0.05, 0) is 25.0 Å². The van der Waals surface area contributed by atoms with E-state index < -0.39 is 5.97 Å². The summed E-state index contributed by atoms with van der Waals surface area (Å²) in [6.45, 7) is 6.32. The molecule has 1 aromatic rings. The van der Waals surface area contributed by atoms with E-state index in [0.29, 0.717) is 12.0 Å². The molecule has 4 nitrogen and oxygen atoms in total. The minimum Gasteiger partial charge on any atom is -0.477 e. The van der Waals surface area contributed by atoms with E-state index in [1.54, 1.807) is 12.3 Å². The van der Waals surface area contributed by atoms with Crippen molar-refractivity contribution in [2.75, 3.05) is 5.32 Å². The van der Waals surface area contributed by atoms with E-state index in [2.05, 4.69) is 31.1 Å². The highest BCUT2D eigenvalue weighted by Crippen LogP contribution is 2.11. The van der Waals surface area contributed by atoms with Crippen LogP contribution in [0.3, 0.4) is 0 Å². The van der Waals surface area contributed by atoms with Gasteiger partial charge in [-0.15, -0.1) is 0 Å². The second-order valence-electron chi connectivity index (χ2n) is 3.91. The van der Waals surface area contributed by atoms with E-state index in [1.807, 2.05) is 0 Å². The number of rotatable bonds is 4. The third kappa shape index (κ3) is 3.23. The average molecular weight is 208 g/mol. The number of anilines is 1. The van der Waals surface area contributed by atoms with Crippen molar-refractivity contribution in [3.63, 3.8) is 0 Å². The molecule has 0 aliphatic carbocycles. The van der Waals surface area contributed by atoms with Crippen LogP contribution in [0.25, 0.3) is 0 Å². The highest BCUT2D eigenvalue weighted by Gasteiger charge is 2.08. The Labute approximate surface area is 89.3 Å². The lowest BCUT2D eigenvalue weighted by atomic mass is 10.1. The highest BCUT2D eigenvalue weighted by molar-refractivity contribution is 5.85. The van der Waals surface area contributed by atoms with Crippen molar-refractivity contribution in [2.24, 2.45) is 5.92 Å². The predicted molar refractivity (Wildman–Crippen MR) is 59.1 cm³/mol. The zero-order valence-electron chi connectivity index (χ0n) is 9.19. The smallest absolute Gasteiger partial charge is 0.354 e. The maximum Gasteiger partial charge on any atom is 0.354 e. The number of pyridine rings is 1. The zero-order valence-corrected chi connectivity index (χ0v) is 9.19. The Morgan fingerprint density at radius 3 is 2.47 bits per heavy atom. The minimum absolute atomic E-state index is 0.0674. The molecule has 1 unspecified atom stereocenters. The van der Waals surface area contributed by atoms with Crippen LogP contribution in [0.1, 0.15) is 31.3 Å². The van der Waals surface area contributed by atoms with Gasteiger partial charge in [0.1, 0.15) is 5.69 Å². The number of hydrogen-bond acceptors (Lipinski definition) is 3. The number of carboxylic acids is 1. The van der Waals surface area contributed by atoms with Gasteiger partial charge < -0.3 is 10.4 Å². The molecular weight excluding hydrogens is 192 g/mol. The first-order valence-electron chi connectivity index (χ1n) is 4.96. The van der Waals surface area contributed by atoms with E-state index in [0.717, 1.165) is 5.69 Å². The monoisotopic (exact) mass is 208 g/mol. The Kier molecular flexibility index (Phi) is 3.66. The van der Waals surface area contributed by atoms with Gasteiger partial charge >= 0.3 is 5.97 Å². The van der Waals surface area contributed by atoms with Gasteiger partial charge in [0, 0.05) is 6.04 Å². The number of nitrogens with zero attached hydrogens (tertiary/aromatic N) is 1. The fourth-order valence-electron chi connectivity index (χ4n) is 1.04. The van der Waals surface area contributed by atoms with E-state index in [-0.39, 0.29) is 5.69 Å². The molecule has 1 aromatic heterocycles. The Balaban J connectivity index is 2.68. The lowest BCUT2D eigenvalue weighted by Crippen LogP contribution is -2.21. The number of aromatic carboxylic acids is 1. The molecule has 0 saturated heterocycles. The topological polar surface area (TPSA) is 62.2 Å². The Hall–Kier alpha value is -1.58. The van der Waals surface area contributed by atoms with Crippen molar-refractivity contribution >= 4 is 11.7 Å². The number of nitrogens with one attached hydrogen (secondary N) is 1. The van der Waals surface area contributed by atoms with Crippen LogP contribution in [0.4, 0.5) is 5.69 Å². The summed E-state index contributed by atoms with van der Waals surface area (Å²) in [6.07, 6.45) is 1.54. The minimum atomic E-state index is -1.00. The van der Waals surface area contributed by atoms with Gasteiger partial charge in [-0.25, -0.2) is 9.78 Å². The van der Waals surface area contributed by atoms with Crippen molar-refractivity contribution in [3.8, 4) is 0 Å². The molecule has 1 rings (SSSR count). The second kappa shape index (κ2) is 4.77. The number of hydrogen-bond donors (Lipinski definition) is 2. The van der Waals surface area contributed by atoms with Crippen LogP contribution >= 0.6 is 0 Å². The molecule has 15 heavy (non-hydrogen) atoms. The molecule has 2 N–H and O–H groups in total. The van der Waals surface area contributed by atoms with Crippen molar-refractivity contribution in [1.29, 1.82) is 0 Å². The molecule has 0 fully saturated rings. The van der Waals surface area contributed by atoms with E-state index in [4.69, 9.17) is 5.11 Å². The average Bonchev–Trinajstić information content (AvgIpc) is 2.18. The predicted octanol–water partition coefficient (Wildman–Crippen LogP) is 2.24. The van der Waals surface area contributed by atoms with Crippen LogP contribution in [-0.2, 0) is 0 Å². The fourth-order valence-corrected chi connectivity index (χ4v) is 1.04. The molecule has 0 radical (unpaired) electrons. The largest absolute Gasteiger partial charge is 0.477 e. The van der Waals surface area contributed by atoms with Crippen LogP contribution in [0.15, 0.2) is 18.3 Å². The molecule has 0 aliphatic heterocycles. The van der Waals surface area contributed by atoms with Gasteiger partial charge in [-0.2, -0.15) is 0 Å². The zero-order chi connectivity index (χ0) is 11.4. The summed E-state index contributed by atoms with van der Waals surface area (Å²) in [7, 11) is 0. The molecule has 0 bridgehead atoms. The van der Waals surface area contributed by atoms with Gasteiger partial charge in [0.25, 0.3) is 0 Å². The maximum absolute atomic E-state index is 10.6. The van der Waals surface area contributed by atoms with Crippen molar-refractivity contribution in [3.05, 3.63) is 24.0 Å². The number of aromatic nitrogens is 1. The summed E-state index contributed by atoms with van der Waals surface area (Å²) in [6, 6.07) is 3.56. The molecule has 0 aromatic carbocycles. The van der Waals surface area contributed by atoms with Gasteiger partial charge in [0.05, 0.1) is 11.9 Å². The van der Waals surface area contributed by atoms with E-state index in [1.165, 1.54) is 6.07 Å². The van der Waals surface area contributed by atoms with Gasteiger partial charge in [-0.1, -0.05) is 13.8 Å². The van der Waals surface area contributed by atoms with Gasteiger partial charge in [0.2, 0.25) is 0 Å². The van der Waals surface area contributed by atoms with Crippen LogP contribution in [0, 0.1) is 5.92 Å². The van der Waals surface area contributed by atoms with E-state index in [9.17, 15) is 4.79 Å². The molecule has 0 aliphatic rings. The third-order valence-electron chi connectivity index (χ3n) is 2.38. The first kappa shape index (κ1) is 11.5. The maximum atomic E-state index is 10.6. The summed E-state index contributed by atoms with van der Waals surface area (Å²) in [4.78, 5) is 14.4. The lowest BCUT2D eigenvalue weighted by molar-refractivity contribution is 0.0690. The molecule has 1 heterocycles. The lowest BCUT2D eigenvalue weighted by Gasteiger charge is -2.18. The number of carboxylic acid groups (broad SMARTS) is 1. The Morgan fingerprint density at radius 2 is 2.07 bits per heavy atom. The summed E-state index contributed by atoms with van der Waals surface area (Å²) in [5.74, 6) is -0.484. The normalized spacial score (nSPS) is 12.5. The molecular formula is C11H16N2O2. The van der Waals surface area contributed by atoms with Crippen LogP contribution < -0.4 is 5.32 Å². The van der Waals surface area contributed by atoms with Crippen molar-refractivity contribution in [1.82, 2.24) is 4.98 Å². The van der Waals surface area contributed by atoms with Gasteiger partial charge in [-0.3, -0.25) is 0 Å². The fraction of sp³-hybridized carbons (Fsp3) is 0.455. The summed E-state index contributed by atoms with van der Waals surface area (Å²) < 4.78 is 0.